The van der Waals surface area contributed by atoms with Crippen molar-refractivity contribution in [1.82, 2.24) is 9.62 Å². The molecule has 1 aliphatic heterocycles. The molecule has 3 rings (SSSR count). The van der Waals surface area contributed by atoms with E-state index in [0.717, 1.165) is 13.0 Å². The molecular formula is C21H26N4O5S2. The maximum Gasteiger partial charge on any atom is 0.284 e. The van der Waals surface area contributed by atoms with Gasteiger partial charge < -0.3 is 10.2 Å². The van der Waals surface area contributed by atoms with Crippen molar-refractivity contribution in [2.24, 2.45) is 4.40 Å². The number of sulfonamides is 2. The molecule has 172 valence electrons. The van der Waals surface area contributed by atoms with Gasteiger partial charge in [0.25, 0.3) is 15.9 Å². The van der Waals surface area contributed by atoms with Crippen LogP contribution in [0.2, 0.25) is 0 Å². The van der Waals surface area contributed by atoms with E-state index in [0.29, 0.717) is 12.3 Å². The summed E-state index contributed by atoms with van der Waals surface area (Å²) in [6, 6.07) is 11.1. The third-order valence-electron chi connectivity index (χ3n) is 4.77. The molecule has 11 heteroatoms. The maximum atomic E-state index is 12.7. The van der Waals surface area contributed by atoms with Gasteiger partial charge in [-0.05, 0) is 62.7 Å². The molecule has 1 fully saturated rings. The van der Waals surface area contributed by atoms with E-state index < -0.39 is 26.0 Å². The number of amidine groups is 1. The van der Waals surface area contributed by atoms with Crippen LogP contribution in [0.4, 0.5) is 5.69 Å². The summed E-state index contributed by atoms with van der Waals surface area (Å²) < 4.78 is 56.1. The number of likely N-dealkylation sites (tertiary alicyclic amines) is 1. The molecule has 9 nitrogen and oxygen atoms in total. The van der Waals surface area contributed by atoms with Crippen molar-refractivity contribution in [3.05, 3.63) is 54.1 Å². The number of rotatable bonds is 7. The molecule has 1 aliphatic rings. The van der Waals surface area contributed by atoms with Crippen LogP contribution < -0.4 is 10.0 Å². The van der Waals surface area contributed by atoms with Crippen LogP contribution in [-0.2, 0) is 20.0 Å². The normalized spacial score (nSPS) is 16.0. The van der Waals surface area contributed by atoms with E-state index in [1.54, 1.807) is 27.0 Å². The van der Waals surface area contributed by atoms with Crippen molar-refractivity contribution in [2.45, 2.75) is 42.5 Å². The Kier molecular flexibility index (Phi) is 7.01. The third kappa shape index (κ3) is 5.72. The number of benzene rings is 2. The van der Waals surface area contributed by atoms with E-state index in [1.807, 2.05) is 4.90 Å². The number of hydrogen-bond donors (Lipinski definition) is 2. The first-order valence-corrected chi connectivity index (χ1v) is 13.0. The van der Waals surface area contributed by atoms with Gasteiger partial charge in [0.1, 0.15) is 5.84 Å². The topological polar surface area (TPSA) is 125 Å². The van der Waals surface area contributed by atoms with Gasteiger partial charge in [-0.1, -0.05) is 6.07 Å². The van der Waals surface area contributed by atoms with E-state index in [2.05, 4.69) is 14.4 Å². The highest BCUT2D eigenvalue weighted by Crippen LogP contribution is 2.21. The zero-order chi connectivity index (χ0) is 23.5. The summed E-state index contributed by atoms with van der Waals surface area (Å²) in [7, 11) is -5.77. The molecule has 0 aromatic heterocycles. The van der Waals surface area contributed by atoms with E-state index in [9.17, 15) is 21.6 Å². The molecule has 1 heterocycles. The molecule has 0 aliphatic carbocycles. The molecule has 0 atom stereocenters. The predicted molar refractivity (Wildman–Crippen MR) is 123 cm³/mol. The minimum Gasteiger partial charge on any atom is -0.362 e. The molecule has 32 heavy (non-hydrogen) atoms. The predicted octanol–water partition coefficient (Wildman–Crippen LogP) is 2.44. The third-order valence-corrected chi connectivity index (χ3v) is 7.74. The molecule has 2 N–H and O–H groups in total. The summed E-state index contributed by atoms with van der Waals surface area (Å²) >= 11 is 0. The summed E-state index contributed by atoms with van der Waals surface area (Å²) in [4.78, 5) is 14.4. The van der Waals surface area contributed by atoms with Crippen LogP contribution in [-0.4, -0.2) is 53.1 Å². The lowest BCUT2D eigenvalue weighted by molar-refractivity contribution is 0.102. The summed E-state index contributed by atoms with van der Waals surface area (Å²) in [5.74, 6) is 0.0172. The van der Waals surface area contributed by atoms with Crippen LogP contribution in [0.5, 0.6) is 0 Å². The van der Waals surface area contributed by atoms with E-state index in [-0.39, 0.29) is 27.1 Å². The average molecular weight is 479 g/mol. The van der Waals surface area contributed by atoms with Gasteiger partial charge in [-0.3, -0.25) is 4.79 Å². The largest absolute Gasteiger partial charge is 0.362 e. The lowest BCUT2D eigenvalue weighted by Gasteiger charge is -2.12. The van der Waals surface area contributed by atoms with Crippen molar-refractivity contribution in [2.75, 3.05) is 18.9 Å². The smallest absolute Gasteiger partial charge is 0.284 e. The van der Waals surface area contributed by atoms with E-state index in [4.69, 9.17) is 0 Å². The fourth-order valence-corrected chi connectivity index (χ4v) is 5.59. The fourth-order valence-electron chi connectivity index (χ4n) is 3.20. The van der Waals surface area contributed by atoms with Crippen molar-refractivity contribution < 1.29 is 21.6 Å². The Bertz CT molecular complexity index is 1240. The van der Waals surface area contributed by atoms with Crippen LogP contribution >= 0.6 is 0 Å². The molecule has 0 unspecified atom stereocenters. The lowest BCUT2D eigenvalue weighted by Crippen LogP contribution is -2.30. The molecule has 1 amide bonds. The van der Waals surface area contributed by atoms with Crippen LogP contribution in [0.15, 0.2) is 62.7 Å². The molecule has 0 saturated carbocycles. The summed E-state index contributed by atoms with van der Waals surface area (Å²) in [6.07, 6.45) is 1.46. The Morgan fingerprint density at radius 3 is 2.31 bits per heavy atom. The van der Waals surface area contributed by atoms with E-state index in [1.165, 1.54) is 42.5 Å². The highest BCUT2D eigenvalue weighted by molar-refractivity contribution is 7.90. The van der Waals surface area contributed by atoms with Gasteiger partial charge in [0.2, 0.25) is 10.0 Å². The number of nitrogens with zero attached hydrogens (tertiary/aromatic N) is 2. The van der Waals surface area contributed by atoms with E-state index >= 15 is 0 Å². The second-order valence-electron chi connectivity index (χ2n) is 7.79. The van der Waals surface area contributed by atoms with Crippen LogP contribution in [0.25, 0.3) is 0 Å². The Morgan fingerprint density at radius 2 is 1.72 bits per heavy atom. The minimum atomic E-state index is -3.91. The highest BCUT2D eigenvalue weighted by atomic mass is 32.2. The summed E-state index contributed by atoms with van der Waals surface area (Å²) in [5.41, 5.74) is 0.517. The number of hydrogen-bond acceptors (Lipinski definition) is 5. The van der Waals surface area contributed by atoms with Crippen molar-refractivity contribution in [1.29, 1.82) is 0 Å². The van der Waals surface area contributed by atoms with Crippen LogP contribution in [0, 0.1) is 0 Å². The minimum absolute atomic E-state index is 0.0238. The number of carbonyl (C=O) groups is 1. The maximum absolute atomic E-state index is 12.7. The molecule has 2 aromatic carbocycles. The molecular weight excluding hydrogens is 452 g/mol. The van der Waals surface area contributed by atoms with Crippen LogP contribution in [0.3, 0.4) is 0 Å². The SMILES string of the molecule is CC(C)NS(=O)(=O)c1ccc(C(=O)Nc2cccc(S(=O)(=O)N=C3CCCN3C)c2)cc1. The zero-order valence-electron chi connectivity index (χ0n) is 18.1. The monoisotopic (exact) mass is 478 g/mol. The van der Waals surface area contributed by atoms with Gasteiger partial charge in [-0.15, -0.1) is 4.40 Å². The lowest BCUT2D eigenvalue weighted by atomic mass is 10.2. The molecule has 0 spiro atoms. The van der Waals surface area contributed by atoms with Crippen LogP contribution in [0.1, 0.15) is 37.0 Å². The Hall–Kier alpha value is -2.76. The Balaban J connectivity index is 1.76. The zero-order valence-corrected chi connectivity index (χ0v) is 19.7. The van der Waals surface area contributed by atoms with Gasteiger partial charge in [0.15, 0.2) is 0 Å². The van der Waals surface area contributed by atoms with Gasteiger partial charge in [0.05, 0.1) is 9.79 Å². The van der Waals surface area contributed by atoms with Crippen molar-refractivity contribution in [3.63, 3.8) is 0 Å². The fraction of sp³-hybridized carbons (Fsp3) is 0.333. The van der Waals surface area contributed by atoms with Gasteiger partial charge in [0, 0.05) is 37.3 Å². The summed E-state index contributed by atoms with van der Waals surface area (Å²) in [5, 5.41) is 2.64. The average Bonchev–Trinajstić information content (AvgIpc) is 3.11. The number of carbonyl (C=O) groups excluding carboxylic acids is 1. The summed E-state index contributed by atoms with van der Waals surface area (Å²) in [6.45, 7) is 4.19. The van der Waals surface area contributed by atoms with Gasteiger partial charge >= 0.3 is 0 Å². The Morgan fingerprint density at radius 1 is 1.03 bits per heavy atom. The number of anilines is 1. The van der Waals surface area contributed by atoms with Gasteiger partial charge in [-0.25, -0.2) is 13.1 Å². The molecule has 0 radical (unpaired) electrons. The van der Waals surface area contributed by atoms with Crippen molar-refractivity contribution in [3.8, 4) is 0 Å². The first-order chi connectivity index (χ1) is 15.0. The number of nitrogens with one attached hydrogen (secondary N) is 2. The van der Waals surface area contributed by atoms with Crippen molar-refractivity contribution >= 4 is 37.5 Å². The highest BCUT2D eigenvalue weighted by Gasteiger charge is 2.21. The Labute approximate surface area is 188 Å². The molecule has 0 bridgehead atoms. The van der Waals surface area contributed by atoms with Gasteiger partial charge in [-0.2, -0.15) is 8.42 Å². The second kappa shape index (κ2) is 9.39. The molecule has 1 saturated heterocycles. The first-order valence-electron chi connectivity index (χ1n) is 10.1. The standard InChI is InChI=1S/C21H26N4O5S2/c1-15(2)23-31(27,28)18-11-9-16(10-12-18)21(26)22-17-6-4-7-19(14-17)32(29,30)24-20-8-5-13-25(20)3/h4,6-7,9-12,14-15,23H,5,8,13H2,1-3H3,(H,22,26). The first kappa shape index (κ1) is 23.9. The molecule has 2 aromatic rings. The quantitative estimate of drug-likeness (QED) is 0.630. The second-order valence-corrected chi connectivity index (χ2v) is 11.1. The number of amides is 1.